The van der Waals surface area contributed by atoms with Gasteiger partial charge in [0.2, 0.25) is 0 Å². The van der Waals surface area contributed by atoms with Crippen molar-refractivity contribution >= 4 is 11.0 Å². The van der Waals surface area contributed by atoms with E-state index in [0.29, 0.717) is 6.61 Å². The molecule has 0 aliphatic rings. The van der Waals surface area contributed by atoms with Crippen LogP contribution >= 0.6 is 0 Å². The minimum atomic E-state index is 0.467. The molecule has 0 fully saturated rings. The third kappa shape index (κ3) is 3.47. The molecule has 3 aromatic carbocycles. The number of para-hydroxylation sites is 3. The lowest BCUT2D eigenvalue weighted by Gasteiger charge is -2.12. The van der Waals surface area contributed by atoms with Crippen LogP contribution in [0.4, 0.5) is 0 Å². The van der Waals surface area contributed by atoms with Crippen molar-refractivity contribution in [3.05, 3.63) is 95.8 Å². The van der Waals surface area contributed by atoms with E-state index in [1.54, 1.807) is 0 Å². The maximum atomic E-state index is 6.06. The van der Waals surface area contributed by atoms with E-state index in [1.807, 2.05) is 24.3 Å². The van der Waals surface area contributed by atoms with Crippen LogP contribution in [0, 0.1) is 6.92 Å². The van der Waals surface area contributed by atoms with Gasteiger partial charge >= 0.3 is 0 Å². The van der Waals surface area contributed by atoms with E-state index in [9.17, 15) is 0 Å². The number of hydrogen-bond donors (Lipinski definition) is 0. The Bertz CT molecular complexity index is 1010. The van der Waals surface area contributed by atoms with Gasteiger partial charge in [0.05, 0.1) is 11.0 Å². The fraction of sp³-hybridized carbons (Fsp3) is 0.174. The average Bonchev–Trinajstić information content (AvgIpc) is 3.04. The second-order valence-electron chi connectivity index (χ2n) is 6.46. The average molecular weight is 342 g/mol. The SMILES string of the molecule is Cc1ccccc1OCc1nc2ccccc2n1CCc1ccccc1. The molecule has 0 unspecified atom stereocenters. The first-order chi connectivity index (χ1) is 12.8. The minimum Gasteiger partial charge on any atom is -0.485 e. The number of ether oxygens (including phenoxy) is 1. The smallest absolute Gasteiger partial charge is 0.148 e. The van der Waals surface area contributed by atoms with Gasteiger partial charge in [-0.25, -0.2) is 4.98 Å². The number of hydrogen-bond acceptors (Lipinski definition) is 2. The number of fused-ring (bicyclic) bond motifs is 1. The topological polar surface area (TPSA) is 27.1 Å². The van der Waals surface area contributed by atoms with E-state index in [0.717, 1.165) is 41.1 Å². The number of benzene rings is 3. The van der Waals surface area contributed by atoms with E-state index >= 15 is 0 Å². The molecular formula is C23H22N2O. The van der Waals surface area contributed by atoms with Crippen molar-refractivity contribution in [3.63, 3.8) is 0 Å². The molecule has 4 rings (SSSR count). The van der Waals surface area contributed by atoms with Crippen LogP contribution in [0.15, 0.2) is 78.9 Å². The van der Waals surface area contributed by atoms with Crippen molar-refractivity contribution in [2.45, 2.75) is 26.5 Å². The lowest BCUT2D eigenvalue weighted by Crippen LogP contribution is -2.09. The zero-order valence-electron chi connectivity index (χ0n) is 14.9. The first-order valence-electron chi connectivity index (χ1n) is 8.98. The highest BCUT2D eigenvalue weighted by atomic mass is 16.5. The van der Waals surface area contributed by atoms with Gasteiger partial charge in [0.15, 0.2) is 0 Å². The highest BCUT2D eigenvalue weighted by molar-refractivity contribution is 5.75. The zero-order valence-corrected chi connectivity index (χ0v) is 14.9. The molecule has 0 bridgehead atoms. The highest BCUT2D eigenvalue weighted by Gasteiger charge is 2.11. The van der Waals surface area contributed by atoms with Crippen molar-refractivity contribution in [1.29, 1.82) is 0 Å². The maximum Gasteiger partial charge on any atom is 0.148 e. The summed E-state index contributed by atoms with van der Waals surface area (Å²) in [6, 6.07) is 26.9. The molecule has 0 atom stereocenters. The molecule has 1 aromatic heterocycles. The second kappa shape index (κ2) is 7.44. The Morgan fingerprint density at radius 2 is 1.58 bits per heavy atom. The van der Waals surface area contributed by atoms with E-state index in [2.05, 4.69) is 66.1 Å². The third-order valence-corrected chi connectivity index (χ3v) is 4.65. The molecule has 0 spiro atoms. The van der Waals surface area contributed by atoms with Crippen LogP contribution in [-0.4, -0.2) is 9.55 Å². The van der Waals surface area contributed by atoms with Crippen molar-refractivity contribution in [1.82, 2.24) is 9.55 Å². The van der Waals surface area contributed by atoms with Crippen LogP contribution in [0.3, 0.4) is 0 Å². The molecular weight excluding hydrogens is 320 g/mol. The van der Waals surface area contributed by atoms with Crippen LogP contribution < -0.4 is 4.74 Å². The monoisotopic (exact) mass is 342 g/mol. The molecule has 3 nitrogen and oxygen atoms in total. The first kappa shape index (κ1) is 16.4. The van der Waals surface area contributed by atoms with E-state index in [1.165, 1.54) is 5.56 Å². The van der Waals surface area contributed by atoms with Gasteiger partial charge < -0.3 is 9.30 Å². The van der Waals surface area contributed by atoms with Crippen LogP contribution in [-0.2, 0) is 19.6 Å². The van der Waals surface area contributed by atoms with Gasteiger partial charge in [-0.05, 0) is 42.7 Å². The number of aromatic nitrogens is 2. The summed E-state index contributed by atoms with van der Waals surface area (Å²) in [6.45, 7) is 3.42. The summed E-state index contributed by atoms with van der Waals surface area (Å²) in [5.74, 6) is 1.87. The number of aryl methyl sites for hydroxylation is 3. The predicted molar refractivity (Wildman–Crippen MR) is 105 cm³/mol. The number of nitrogens with zero attached hydrogens (tertiary/aromatic N) is 2. The van der Waals surface area contributed by atoms with Gasteiger partial charge in [-0.1, -0.05) is 60.7 Å². The summed E-state index contributed by atoms with van der Waals surface area (Å²) in [5, 5.41) is 0. The molecule has 130 valence electrons. The van der Waals surface area contributed by atoms with Gasteiger partial charge in [0.25, 0.3) is 0 Å². The van der Waals surface area contributed by atoms with Gasteiger partial charge in [-0.3, -0.25) is 0 Å². The Morgan fingerprint density at radius 1 is 0.846 bits per heavy atom. The van der Waals surface area contributed by atoms with Gasteiger partial charge in [-0.15, -0.1) is 0 Å². The Morgan fingerprint density at radius 3 is 2.42 bits per heavy atom. The fourth-order valence-corrected chi connectivity index (χ4v) is 3.23. The lowest BCUT2D eigenvalue weighted by molar-refractivity contribution is 0.288. The highest BCUT2D eigenvalue weighted by Crippen LogP contribution is 2.21. The second-order valence-corrected chi connectivity index (χ2v) is 6.46. The molecule has 4 aromatic rings. The van der Waals surface area contributed by atoms with Crippen molar-refractivity contribution in [2.24, 2.45) is 0 Å². The predicted octanol–water partition coefficient (Wildman–Crippen LogP) is 5.17. The Hall–Kier alpha value is -3.07. The van der Waals surface area contributed by atoms with Crippen LogP contribution in [0.2, 0.25) is 0 Å². The molecule has 26 heavy (non-hydrogen) atoms. The molecule has 0 saturated carbocycles. The Kier molecular flexibility index (Phi) is 4.69. The van der Waals surface area contributed by atoms with Crippen LogP contribution in [0.5, 0.6) is 5.75 Å². The van der Waals surface area contributed by atoms with E-state index in [-0.39, 0.29) is 0 Å². The van der Waals surface area contributed by atoms with Gasteiger partial charge in [-0.2, -0.15) is 0 Å². The molecule has 1 heterocycles. The lowest BCUT2D eigenvalue weighted by atomic mass is 10.1. The number of imidazole rings is 1. The standard InChI is InChI=1S/C23H22N2O/c1-18-9-5-8-14-22(18)26-17-23-24-20-12-6-7-13-21(20)25(23)16-15-19-10-3-2-4-11-19/h2-14H,15-17H2,1H3. The fourth-order valence-electron chi connectivity index (χ4n) is 3.23. The summed E-state index contributed by atoms with van der Waals surface area (Å²) < 4.78 is 8.34. The van der Waals surface area contributed by atoms with E-state index in [4.69, 9.17) is 9.72 Å². The summed E-state index contributed by atoms with van der Waals surface area (Å²) in [7, 11) is 0. The molecule has 0 saturated heterocycles. The molecule has 3 heteroatoms. The summed E-state index contributed by atoms with van der Waals surface area (Å²) >= 11 is 0. The summed E-state index contributed by atoms with van der Waals surface area (Å²) in [6.07, 6.45) is 0.971. The van der Waals surface area contributed by atoms with E-state index < -0.39 is 0 Å². The Labute approximate surface area is 153 Å². The van der Waals surface area contributed by atoms with Crippen molar-refractivity contribution in [3.8, 4) is 5.75 Å². The summed E-state index contributed by atoms with van der Waals surface area (Å²) in [5.41, 5.74) is 4.64. The minimum absolute atomic E-state index is 0.467. The van der Waals surface area contributed by atoms with Gasteiger partial charge in [0.1, 0.15) is 18.2 Å². The maximum absolute atomic E-state index is 6.06. The third-order valence-electron chi connectivity index (χ3n) is 4.65. The van der Waals surface area contributed by atoms with Crippen LogP contribution in [0.1, 0.15) is 17.0 Å². The molecule has 0 amide bonds. The van der Waals surface area contributed by atoms with Crippen molar-refractivity contribution in [2.75, 3.05) is 0 Å². The van der Waals surface area contributed by atoms with Crippen molar-refractivity contribution < 1.29 is 4.74 Å². The Balaban J connectivity index is 1.60. The van der Waals surface area contributed by atoms with Crippen LogP contribution in [0.25, 0.3) is 11.0 Å². The molecule has 0 radical (unpaired) electrons. The van der Waals surface area contributed by atoms with Gasteiger partial charge in [0, 0.05) is 6.54 Å². The molecule has 0 aliphatic carbocycles. The zero-order chi connectivity index (χ0) is 17.8. The summed E-state index contributed by atoms with van der Waals surface area (Å²) in [4.78, 5) is 4.81. The quantitative estimate of drug-likeness (QED) is 0.483. The molecule has 0 N–H and O–H groups in total. The largest absolute Gasteiger partial charge is 0.485 e. The molecule has 0 aliphatic heterocycles. The normalized spacial score (nSPS) is 11.0. The number of rotatable bonds is 6. The first-order valence-corrected chi connectivity index (χ1v) is 8.98.